The second-order valence-corrected chi connectivity index (χ2v) is 7.78. The van der Waals surface area contributed by atoms with Crippen LogP contribution in [-0.4, -0.2) is 52.4 Å². The van der Waals surface area contributed by atoms with Crippen LogP contribution in [0.15, 0.2) is 12.4 Å². The molecule has 1 aromatic rings. The number of likely N-dealkylation sites (tertiary alicyclic amines) is 1. The maximum Gasteiger partial charge on any atom is 0.220 e. The molecule has 6 heteroatoms. The summed E-state index contributed by atoms with van der Waals surface area (Å²) < 4.78 is 7.91. The molecule has 1 aromatic heterocycles. The average molecular weight is 332 g/mol. The lowest BCUT2D eigenvalue weighted by Crippen LogP contribution is -2.60. The molecule has 1 N–H and O–H groups in total. The normalized spacial score (nSPS) is 30.8. The molecule has 3 aliphatic rings. The van der Waals surface area contributed by atoms with Gasteiger partial charge in [-0.2, -0.15) is 5.10 Å². The van der Waals surface area contributed by atoms with E-state index < -0.39 is 0 Å². The average Bonchev–Trinajstić information content (AvgIpc) is 3.27. The van der Waals surface area contributed by atoms with E-state index in [0.717, 1.165) is 32.7 Å². The summed E-state index contributed by atoms with van der Waals surface area (Å²) in [4.78, 5) is 14.8. The van der Waals surface area contributed by atoms with E-state index in [1.165, 1.54) is 24.8 Å². The van der Waals surface area contributed by atoms with Gasteiger partial charge >= 0.3 is 0 Å². The highest BCUT2D eigenvalue weighted by Gasteiger charge is 2.40. The fourth-order valence-electron chi connectivity index (χ4n) is 4.21. The van der Waals surface area contributed by atoms with Gasteiger partial charge in [0, 0.05) is 51.5 Å². The van der Waals surface area contributed by atoms with Crippen LogP contribution < -0.4 is 5.32 Å². The molecule has 3 fully saturated rings. The minimum Gasteiger partial charge on any atom is -0.376 e. The van der Waals surface area contributed by atoms with Crippen LogP contribution in [0.1, 0.15) is 37.7 Å². The summed E-state index contributed by atoms with van der Waals surface area (Å²) >= 11 is 0. The highest BCUT2D eigenvalue weighted by atomic mass is 16.5. The van der Waals surface area contributed by atoms with Crippen molar-refractivity contribution in [2.75, 3.05) is 19.7 Å². The van der Waals surface area contributed by atoms with Crippen LogP contribution >= 0.6 is 0 Å². The zero-order valence-electron chi connectivity index (χ0n) is 14.5. The minimum atomic E-state index is 0.118. The van der Waals surface area contributed by atoms with Gasteiger partial charge in [-0.1, -0.05) is 0 Å². The predicted molar refractivity (Wildman–Crippen MR) is 90.2 cm³/mol. The Labute approximate surface area is 143 Å². The van der Waals surface area contributed by atoms with E-state index in [9.17, 15) is 4.79 Å². The number of ether oxygens (including phenoxy) is 1. The van der Waals surface area contributed by atoms with Crippen LogP contribution in [-0.2, 0) is 23.1 Å². The van der Waals surface area contributed by atoms with Gasteiger partial charge in [-0.25, -0.2) is 0 Å². The van der Waals surface area contributed by atoms with Gasteiger partial charge in [0.25, 0.3) is 0 Å². The molecule has 1 amide bonds. The number of hydrogen-bond donors (Lipinski definition) is 1. The highest BCUT2D eigenvalue weighted by molar-refractivity contribution is 5.77. The maximum absolute atomic E-state index is 12.3. The van der Waals surface area contributed by atoms with Crippen molar-refractivity contribution in [2.45, 2.75) is 50.8 Å². The van der Waals surface area contributed by atoms with Gasteiger partial charge in [0.05, 0.1) is 18.3 Å². The number of rotatable bonds is 5. The number of aryl methyl sites for hydroxylation is 1. The number of carbonyl (C=O) groups is 1. The van der Waals surface area contributed by atoms with Gasteiger partial charge in [0.2, 0.25) is 5.91 Å². The van der Waals surface area contributed by atoms with Crippen LogP contribution in [0.25, 0.3) is 0 Å². The Hall–Kier alpha value is -1.40. The van der Waals surface area contributed by atoms with Gasteiger partial charge in [-0.15, -0.1) is 0 Å². The van der Waals surface area contributed by atoms with Crippen LogP contribution in [0.2, 0.25) is 0 Å². The Balaban J connectivity index is 1.41. The third-order valence-electron chi connectivity index (χ3n) is 5.52. The SMILES string of the molecule is Cn1cc(CN2C[C@@H]3CCCO[C@@H]3[C@H](NC(=O)CC3CC3)C2)cn1. The summed E-state index contributed by atoms with van der Waals surface area (Å²) in [5.74, 6) is 1.36. The molecule has 0 aromatic carbocycles. The molecule has 3 heterocycles. The minimum absolute atomic E-state index is 0.118. The smallest absolute Gasteiger partial charge is 0.220 e. The lowest BCUT2D eigenvalue weighted by atomic mass is 9.85. The Kier molecular flexibility index (Phi) is 4.59. The van der Waals surface area contributed by atoms with Crippen molar-refractivity contribution < 1.29 is 9.53 Å². The number of piperidine rings is 1. The first kappa shape index (κ1) is 16.1. The van der Waals surface area contributed by atoms with Gasteiger partial charge in [-0.3, -0.25) is 14.4 Å². The molecular formula is C18H28N4O2. The summed E-state index contributed by atoms with van der Waals surface area (Å²) in [6.07, 6.45) is 9.65. The van der Waals surface area contributed by atoms with E-state index in [4.69, 9.17) is 4.74 Å². The maximum atomic E-state index is 12.3. The highest BCUT2D eigenvalue weighted by Crippen LogP contribution is 2.33. The first-order valence-electron chi connectivity index (χ1n) is 9.28. The lowest BCUT2D eigenvalue weighted by Gasteiger charge is -2.46. The molecule has 1 saturated carbocycles. The molecule has 24 heavy (non-hydrogen) atoms. The van der Waals surface area contributed by atoms with Crippen LogP contribution in [0.3, 0.4) is 0 Å². The standard InChI is InChI=1S/C18H28N4O2/c1-21-9-14(8-19-21)10-22-11-15-3-2-6-24-18(15)16(12-22)20-17(23)7-13-4-5-13/h8-9,13,15-16,18H,2-7,10-12H2,1H3,(H,20,23)/t15-,16+,18-/m0/s1. The number of hydrogen-bond acceptors (Lipinski definition) is 4. The third-order valence-corrected chi connectivity index (χ3v) is 5.52. The Morgan fingerprint density at radius 3 is 3.00 bits per heavy atom. The monoisotopic (exact) mass is 332 g/mol. The molecule has 2 aliphatic heterocycles. The number of nitrogens with zero attached hydrogens (tertiary/aromatic N) is 3. The van der Waals surface area contributed by atoms with E-state index in [0.29, 0.717) is 18.3 Å². The molecule has 3 atom stereocenters. The Bertz CT molecular complexity index is 583. The van der Waals surface area contributed by atoms with Crippen molar-refractivity contribution in [1.29, 1.82) is 0 Å². The van der Waals surface area contributed by atoms with Crippen molar-refractivity contribution in [3.05, 3.63) is 18.0 Å². The third kappa shape index (κ3) is 3.81. The first-order chi connectivity index (χ1) is 11.7. The summed E-state index contributed by atoms with van der Waals surface area (Å²) in [5.41, 5.74) is 1.23. The number of carbonyl (C=O) groups excluding carboxylic acids is 1. The van der Waals surface area contributed by atoms with Crippen molar-refractivity contribution in [3.63, 3.8) is 0 Å². The molecule has 132 valence electrons. The first-order valence-corrected chi connectivity index (χ1v) is 9.28. The van der Waals surface area contributed by atoms with E-state index >= 15 is 0 Å². The predicted octanol–water partition coefficient (Wildman–Crippen LogP) is 1.32. The van der Waals surface area contributed by atoms with Crippen LogP contribution in [0.5, 0.6) is 0 Å². The van der Waals surface area contributed by atoms with Gasteiger partial charge in [0.1, 0.15) is 0 Å². The van der Waals surface area contributed by atoms with Crippen molar-refractivity contribution >= 4 is 5.91 Å². The van der Waals surface area contributed by atoms with Crippen LogP contribution in [0, 0.1) is 11.8 Å². The number of aromatic nitrogens is 2. The lowest BCUT2D eigenvalue weighted by molar-refractivity contribution is -0.128. The number of amides is 1. The fraction of sp³-hybridized carbons (Fsp3) is 0.778. The molecule has 1 aliphatic carbocycles. The molecule has 4 rings (SSSR count). The second-order valence-electron chi connectivity index (χ2n) is 7.78. The van der Waals surface area contributed by atoms with Crippen molar-refractivity contribution in [3.8, 4) is 0 Å². The summed E-state index contributed by atoms with van der Waals surface area (Å²) in [5, 5.41) is 7.55. The molecule has 2 saturated heterocycles. The summed E-state index contributed by atoms with van der Waals surface area (Å²) in [6, 6.07) is 0.118. The fourth-order valence-corrected chi connectivity index (χ4v) is 4.21. The second kappa shape index (κ2) is 6.84. The molecule has 6 nitrogen and oxygen atoms in total. The molecule has 0 spiro atoms. The van der Waals surface area contributed by atoms with E-state index in [1.54, 1.807) is 0 Å². The summed E-state index contributed by atoms with van der Waals surface area (Å²) in [6.45, 7) is 3.64. The van der Waals surface area contributed by atoms with Gasteiger partial charge < -0.3 is 10.1 Å². The van der Waals surface area contributed by atoms with E-state index in [2.05, 4.69) is 21.5 Å². The molecule has 0 radical (unpaired) electrons. The molecule has 0 unspecified atom stereocenters. The van der Waals surface area contributed by atoms with Crippen molar-refractivity contribution in [1.82, 2.24) is 20.0 Å². The zero-order valence-corrected chi connectivity index (χ0v) is 14.5. The van der Waals surface area contributed by atoms with Gasteiger partial charge in [0.15, 0.2) is 0 Å². The van der Waals surface area contributed by atoms with Gasteiger partial charge in [-0.05, 0) is 37.5 Å². The van der Waals surface area contributed by atoms with E-state index in [-0.39, 0.29) is 18.1 Å². The van der Waals surface area contributed by atoms with E-state index in [1.807, 2.05) is 17.9 Å². The topological polar surface area (TPSA) is 59.4 Å². The number of nitrogens with one attached hydrogen (secondary N) is 1. The Morgan fingerprint density at radius 2 is 2.25 bits per heavy atom. The summed E-state index contributed by atoms with van der Waals surface area (Å²) in [7, 11) is 1.95. The molecule has 0 bridgehead atoms. The van der Waals surface area contributed by atoms with Crippen molar-refractivity contribution in [2.24, 2.45) is 18.9 Å². The number of fused-ring (bicyclic) bond motifs is 1. The van der Waals surface area contributed by atoms with Crippen LogP contribution in [0.4, 0.5) is 0 Å². The molecular weight excluding hydrogens is 304 g/mol. The Morgan fingerprint density at radius 1 is 1.38 bits per heavy atom. The largest absolute Gasteiger partial charge is 0.376 e. The zero-order chi connectivity index (χ0) is 16.5. The quantitative estimate of drug-likeness (QED) is 0.883.